The highest BCUT2D eigenvalue weighted by Gasteiger charge is 2.45. The van der Waals surface area contributed by atoms with Crippen molar-refractivity contribution in [3.05, 3.63) is 40.5 Å². The van der Waals surface area contributed by atoms with Crippen molar-refractivity contribution in [2.75, 3.05) is 27.3 Å². The maximum atomic E-state index is 13.1. The molecule has 0 bridgehead atoms. The first-order valence-corrected chi connectivity index (χ1v) is 10.4. The summed E-state index contributed by atoms with van der Waals surface area (Å²) in [5.74, 6) is 2.45. The summed E-state index contributed by atoms with van der Waals surface area (Å²) in [6.45, 7) is 1.58. The smallest absolute Gasteiger partial charge is 0.257 e. The number of likely N-dealkylation sites (tertiary alicyclic amines) is 1. The van der Waals surface area contributed by atoms with Crippen molar-refractivity contribution in [2.45, 2.75) is 44.1 Å². The van der Waals surface area contributed by atoms with Gasteiger partial charge in [0.2, 0.25) is 0 Å². The summed E-state index contributed by atoms with van der Waals surface area (Å²) in [6, 6.07) is 5.13. The zero-order valence-corrected chi connectivity index (χ0v) is 17.6. The van der Waals surface area contributed by atoms with Gasteiger partial charge in [0.05, 0.1) is 12.7 Å². The number of piperidine rings is 1. The van der Waals surface area contributed by atoms with Crippen molar-refractivity contribution in [1.82, 2.24) is 15.0 Å². The molecular formula is C21H26ClN3O4. The second kappa shape index (κ2) is 8.32. The molecule has 1 aliphatic carbocycles. The van der Waals surface area contributed by atoms with Gasteiger partial charge >= 0.3 is 0 Å². The van der Waals surface area contributed by atoms with Crippen molar-refractivity contribution >= 4 is 17.5 Å². The highest BCUT2D eigenvalue weighted by molar-refractivity contribution is 6.31. The molecule has 2 fully saturated rings. The third-order valence-electron chi connectivity index (χ3n) is 5.99. The van der Waals surface area contributed by atoms with Crippen molar-refractivity contribution < 1.29 is 18.8 Å². The van der Waals surface area contributed by atoms with Gasteiger partial charge in [0.25, 0.3) is 11.8 Å². The Morgan fingerprint density at radius 3 is 2.72 bits per heavy atom. The summed E-state index contributed by atoms with van der Waals surface area (Å²) < 4.78 is 15.8. The zero-order valence-electron chi connectivity index (χ0n) is 16.8. The SMILES string of the molecule is COCc1nc(C2(CC3CC3)CCN(C(=O)c3cc(Cl)ccc3OC)CC2)no1. The van der Waals surface area contributed by atoms with Crippen molar-refractivity contribution in [3.8, 4) is 5.75 Å². The van der Waals surface area contributed by atoms with Gasteiger partial charge in [-0.3, -0.25) is 4.79 Å². The number of rotatable bonds is 7. The Labute approximate surface area is 175 Å². The molecule has 0 atom stereocenters. The van der Waals surface area contributed by atoms with Crippen LogP contribution in [-0.2, 0) is 16.8 Å². The number of hydrogen-bond donors (Lipinski definition) is 0. The first kappa shape index (κ1) is 20.2. The van der Waals surface area contributed by atoms with Gasteiger partial charge in [0, 0.05) is 30.6 Å². The topological polar surface area (TPSA) is 77.7 Å². The van der Waals surface area contributed by atoms with Crippen molar-refractivity contribution in [1.29, 1.82) is 0 Å². The zero-order chi connectivity index (χ0) is 20.4. The predicted octanol–water partition coefficient (Wildman–Crippen LogP) is 3.85. The van der Waals surface area contributed by atoms with Crippen molar-refractivity contribution in [3.63, 3.8) is 0 Å². The van der Waals surface area contributed by atoms with E-state index in [2.05, 4.69) is 10.1 Å². The van der Waals surface area contributed by atoms with E-state index in [-0.39, 0.29) is 11.3 Å². The van der Waals surface area contributed by atoms with E-state index in [0.717, 1.165) is 31.0 Å². The minimum atomic E-state index is -0.147. The van der Waals surface area contributed by atoms with Gasteiger partial charge < -0.3 is 18.9 Å². The van der Waals surface area contributed by atoms with E-state index in [0.29, 0.717) is 41.9 Å². The normalized spacial score (nSPS) is 18.7. The second-order valence-electron chi connectivity index (χ2n) is 8.01. The van der Waals surface area contributed by atoms with E-state index >= 15 is 0 Å². The van der Waals surface area contributed by atoms with Crippen LogP contribution < -0.4 is 4.74 Å². The molecule has 8 heteroatoms. The molecule has 2 heterocycles. The second-order valence-corrected chi connectivity index (χ2v) is 8.45. The average molecular weight is 420 g/mol. The summed E-state index contributed by atoms with van der Waals surface area (Å²) in [7, 11) is 3.17. The van der Waals surface area contributed by atoms with E-state index in [1.54, 1.807) is 32.4 Å². The molecule has 0 spiro atoms. The molecule has 1 saturated heterocycles. The number of carbonyl (C=O) groups excluding carboxylic acids is 1. The Morgan fingerprint density at radius 2 is 2.07 bits per heavy atom. The number of amides is 1. The number of halogens is 1. The van der Waals surface area contributed by atoms with Gasteiger partial charge in [-0.2, -0.15) is 4.98 Å². The molecule has 1 amide bonds. The molecule has 29 heavy (non-hydrogen) atoms. The standard InChI is InChI=1S/C21H26ClN3O4/c1-27-13-18-23-20(24-29-18)21(12-14-3-4-14)7-9-25(10-8-21)19(26)16-11-15(22)5-6-17(16)28-2/h5-6,11,14H,3-4,7-10,12-13H2,1-2H3. The molecular weight excluding hydrogens is 394 g/mol. The van der Waals surface area contributed by atoms with Crippen LogP contribution in [0.2, 0.25) is 5.02 Å². The quantitative estimate of drug-likeness (QED) is 0.678. The monoisotopic (exact) mass is 419 g/mol. The highest BCUT2D eigenvalue weighted by atomic mass is 35.5. The molecule has 156 valence electrons. The van der Waals surface area contributed by atoms with Crippen LogP contribution in [0.25, 0.3) is 0 Å². The number of aromatic nitrogens is 2. The predicted molar refractivity (Wildman–Crippen MR) is 107 cm³/mol. The number of carbonyl (C=O) groups is 1. The Hall–Kier alpha value is -2.12. The molecule has 2 aliphatic rings. The molecule has 0 radical (unpaired) electrons. The van der Waals surface area contributed by atoms with Crippen LogP contribution in [0, 0.1) is 5.92 Å². The van der Waals surface area contributed by atoms with Crippen LogP contribution in [0.4, 0.5) is 0 Å². The first-order valence-electron chi connectivity index (χ1n) is 9.99. The third kappa shape index (κ3) is 4.26. The molecule has 1 aromatic carbocycles. The van der Waals surface area contributed by atoms with Crippen LogP contribution in [-0.4, -0.2) is 48.3 Å². The summed E-state index contributed by atoms with van der Waals surface area (Å²) in [4.78, 5) is 19.6. The number of benzene rings is 1. The lowest BCUT2D eigenvalue weighted by molar-refractivity contribution is 0.0642. The van der Waals surface area contributed by atoms with Crippen LogP contribution in [0.5, 0.6) is 5.75 Å². The number of nitrogens with zero attached hydrogens (tertiary/aromatic N) is 3. The molecule has 1 saturated carbocycles. The Balaban J connectivity index is 1.52. The summed E-state index contributed by atoms with van der Waals surface area (Å²) in [5.41, 5.74) is 0.350. The fourth-order valence-electron chi connectivity index (χ4n) is 4.20. The maximum absolute atomic E-state index is 13.1. The van der Waals surface area contributed by atoms with Crippen LogP contribution in [0.3, 0.4) is 0 Å². The molecule has 7 nitrogen and oxygen atoms in total. The fourth-order valence-corrected chi connectivity index (χ4v) is 4.37. The van der Waals surface area contributed by atoms with Gasteiger partial charge in [-0.15, -0.1) is 0 Å². The number of hydrogen-bond acceptors (Lipinski definition) is 6. The minimum absolute atomic E-state index is 0.0578. The van der Waals surface area contributed by atoms with E-state index in [1.807, 2.05) is 4.90 Å². The van der Waals surface area contributed by atoms with Crippen LogP contribution >= 0.6 is 11.6 Å². The Bertz CT molecular complexity index is 873. The molecule has 0 unspecified atom stereocenters. The van der Waals surface area contributed by atoms with Crippen molar-refractivity contribution in [2.24, 2.45) is 5.92 Å². The van der Waals surface area contributed by atoms with Gasteiger partial charge in [0.15, 0.2) is 5.82 Å². The lowest BCUT2D eigenvalue weighted by Gasteiger charge is -2.40. The minimum Gasteiger partial charge on any atom is -0.496 e. The fraction of sp³-hybridized carbons (Fsp3) is 0.571. The van der Waals surface area contributed by atoms with E-state index in [9.17, 15) is 4.79 Å². The van der Waals surface area contributed by atoms with E-state index in [4.69, 9.17) is 25.6 Å². The molecule has 0 N–H and O–H groups in total. The van der Waals surface area contributed by atoms with E-state index in [1.165, 1.54) is 12.8 Å². The van der Waals surface area contributed by atoms with Crippen LogP contribution in [0.1, 0.15) is 54.2 Å². The lowest BCUT2D eigenvalue weighted by atomic mass is 9.73. The average Bonchev–Trinajstić information content (AvgIpc) is 3.41. The Kier molecular flexibility index (Phi) is 5.79. The summed E-state index contributed by atoms with van der Waals surface area (Å²) in [5, 5.41) is 4.79. The van der Waals surface area contributed by atoms with Gasteiger partial charge in [-0.05, 0) is 43.4 Å². The van der Waals surface area contributed by atoms with Gasteiger partial charge in [-0.25, -0.2) is 0 Å². The molecule has 2 aromatic rings. The summed E-state index contributed by atoms with van der Waals surface area (Å²) >= 11 is 6.11. The molecule has 4 rings (SSSR count). The Morgan fingerprint density at radius 1 is 1.31 bits per heavy atom. The third-order valence-corrected chi connectivity index (χ3v) is 6.22. The van der Waals surface area contributed by atoms with Gasteiger partial charge in [0.1, 0.15) is 12.4 Å². The van der Waals surface area contributed by atoms with Crippen LogP contribution in [0.15, 0.2) is 22.7 Å². The number of methoxy groups -OCH3 is 2. The van der Waals surface area contributed by atoms with Gasteiger partial charge in [-0.1, -0.05) is 29.6 Å². The first-order chi connectivity index (χ1) is 14.0. The van der Waals surface area contributed by atoms with E-state index < -0.39 is 0 Å². The lowest BCUT2D eigenvalue weighted by Crippen LogP contribution is -2.46. The summed E-state index contributed by atoms with van der Waals surface area (Å²) in [6.07, 6.45) is 5.18. The molecule has 1 aliphatic heterocycles. The highest BCUT2D eigenvalue weighted by Crippen LogP contribution is 2.46. The largest absolute Gasteiger partial charge is 0.496 e. The molecule has 1 aromatic heterocycles. The number of ether oxygens (including phenoxy) is 2. The maximum Gasteiger partial charge on any atom is 0.257 e.